The lowest BCUT2D eigenvalue weighted by Gasteiger charge is -2.24. The first kappa shape index (κ1) is 19.1. The van der Waals surface area contributed by atoms with E-state index in [4.69, 9.17) is 0 Å². The number of aromatic nitrogens is 2. The largest absolute Gasteiger partial charge is 0.384 e. The Morgan fingerprint density at radius 3 is 2.74 bits per heavy atom. The average molecular weight is 384 g/mol. The fourth-order valence-corrected chi connectivity index (χ4v) is 3.38. The molecule has 0 aliphatic heterocycles. The molecule has 3 N–H and O–H groups in total. The van der Waals surface area contributed by atoms with Gasteiger partial charge in [0.05, 0.1) is 24.5 Å². The topological polar surface area (TPSA) is 74.5 Å². The third-order valence-corrected chi connectivity index (χ3v) is 4.83. The van der Waals surface area contributed by atoms with Crippen molar-refractivity contribution >= 4 is 17.3 Å². The van der Waals surface area contributed by atoms with Gasteiger partial charge in [0.2, 0.25) is 0 Å². The standard InChI is InChI=1S/C20H25N5OS/c1-3-21-19(23-15-20(2,26)16-10-12-27-14-16)22-13-17-9-11-25(24-17)18-7-5-4-6-8-18/h4-12,14,26H,3,13,15H2,1-2H3,(H2,21,22,23). The minimum atomic E-state index is -0.953. The fraction of sp³-hybridized carbons (Fsp3) is 0.300. The number of aliphatic imine (C=N–C) groups is 1. The highest BCUT2D eigenvalue weighted by Gasteiger charge is 2.23. The number of rotatable bonds is 7. The molecule has 0 amide bonds. The zero-order valence-electron chi connectivity index (χ0n) is 15.6. The van der Waals surface area contributed by atoms with Crippen molar-refractivity contribution in [2.75, 3.05) is 13.1 Å². The molecule has 0 spiro atoms. The summed E-state index contributed by atoms with van der Waals surface area (Å²) in [6.45, 7) is 5.38. The minimum absolute atomic E-state index is 0.369. The number of guanidine groups is 1. The van der Waals surface area contributed by atoms with E-state index in [2.05, 4.69) is 20.7 Å². The Morgan fingerprint density at radius 1 is 1.22 bits per heavy atom. The number of thiophene rings is 1. The van der Waals surface area contributed by atoms with Crippen LogP contribution < -0.4 is 10.6 Å². The van der Waals surface area contributed by atoms with Gasteiger partial charge >= 0.3 is 0 Å². The molecule has 0 radical (unpaired) electrons. The number of benzene rings is 1. The predicted octanol–water partition coefficient (Wildman–Crippen LogP) is 2.90. The van der Waals surface area contributed by atoms with Crippen LogP contribution in [0.4, 0.5) is 0 Å². The van der Waals surface area contributed by atoms with Crippen LogP contribution in [0.3, 0.4) is 0 Å². The molecule has 3 aromatic rings. The lowest BCUT2D eigenvalue weighted by Crippen LogP contribution is -2.44. The van der Waals surface area contributed by atoms with Crippen LogP contribution in [0, 0.1) is 0 Å². The van der Waals surface area contributed by atoms with Crippen molar-refractivity contribution in [3.8, 4) is 5.69 Å². The summed E-state index contributed by atoms with van der Waals surface area (Å²) in [7, 11) is 0. The summed E-state index contributed by atoms with van der Waals surface area (Å²) >= 11 is 1.57. The molecule has 0 aliphatic rings. The van der Waals surface area contributed by atoms with E-state index in [1.807, 2.05) is 71.0 Å². The van der Waals surface area contributed by atoms with Crippen LogP contribution in [0.1, 0.15) is 25.1 Å². The summed E-state index contributed by atoms with van der Waals surface area (Å²) in [5, 5.41) is 25.6. The molecule has 0 saturated carbocycles. The van der Waals surface area contributed by atoms with Gasteiger partial charge in [-0.25, -0.2) is 9.67 Å². The summed E-state index contributed by atoms with van der Waals surface area (Å²) < 4.78 is 1.84. The zero-order chi connectivity index (χ0) is 19.1. The van der Waals surface area contributed by atoms with E-state index >= 15 is 0 Å². The number of hydrogen-bond acceptors (Lipinski definition) is 4. The first-order valence-corrected chi connectivity index (χ1v) is 9.90. The Bertz CT molecular complexity index is 856. The average Bonchev–Trinajstić information content (AvgIpc) is 3.37. The van der Waals surface area contributed by atoms with E-state index in [9.17, 15) is 5.11 Å². The Balaban J connectivity index is 1.63. The van der Waals surface area contributed by atoms with E-state index in [1.54, 1.807) is 18.3 Å². The van der Waals surface area contributed by atoms with Gasteiger partial charge in [-0.2, -0.15) is 16.4 Å². The number of nitrogens with one attached hydrogen (secondary N) is 2. The van der Waals surface area contributed by atoms with Gasteiger partial charge in [-0.15, -0.1) is 0 Å². The highest BCUT2D eigenvalue weighted by Crippen LogP contribution is 2.21. The van der Waals surface area contributed by atoms with Crippen molar-refractivity contribution in [3.05, 3.63) is 70.7 Å². The van der Waals surface area contributed by atoms with Gasteiger partial charge in [-0.1, -0.05) is 18.2 Å². The summed E-state index contributed by atoms with van der Waals surface area (Å²) in [5.74, 6) is 0.655. The van der Waals surface area contributed by atoms with Crippen molar-refractivity contribution in [1.82, 2.24) is 20.4 Å². The van der Waals surface area contributed by atoms with E-state index in [0.717, 1.165) is 23.5 Å². The molecule has 7 heteroatoms. The second-order valence-corrected chi connectivity index (χ2v) is 7.20. The maximum absolute atomic E-state index is 10.7. The Labute approximate surface area is 163 Å². The zero-order valence-corrected chi connectivity index (χ0v) is 16.4. The highest BCUT2D eigenvalue weighted by atomic mass is 32.1. The van der Waals surface area contributed by atoms with Gasteiger partial charge in [0.25, 0.3) is 0 Å². The molecular weight excluding hydrogens is 358 g/mol. The van der Waals surface area contributed by atoms with Crippen LogP contribution in [0.5, 0.6) is 0 Å². The maximum Gasteiger partial charge on any atom is 0.191 e. The van der Waals surface area contributed by atoms with Crippen LogP contribution in [-0.2, 0) is 12.1 Å². The van der Waals surface area contributed by atoms with Crippen LogP contribution in [0.15, 0.2) is 64.4 Å². The van der Waals surface area contributed by atoms with Crippen molar-refractivity contribution < 1.29 is 5.11 Å². The lowest BCUT2D eigenvalue weighted by molar-refractivity contribution is 0.0621. The van der Waals surface area contributed by atoms with E-state index in [-0.39, 0.29) is 0 Å². The van der Waals surface area contributed by atoms with E-state index in [1.165, 1.54) is 0 Å². The second kappa shape index (κ2) is 8.83. The quantitative estimate of drug-likeness (QED) is 0.433. The van der Waals surface area contributed by atoms with Crippen LogP contribution in [0.25, 0.3) is 5.69 Å². The molecule has 0 aliphatic carbocycles. The normalized spacial score (nSPS) is 14.0. The molecule has 2 aromatic heterocycles. The summed E-state index contributed by atoms with van der Waals surface area (Å²) in [5.41, 5.74) is 1.84. The van der Waals surface area contributed by atoms with E-state index in [0.29, 0.717) is 19.0 Å². The SMILES string of the molecule is CCNC(=NCc1ccn(-c2ccccc2)n1)NCC(C)(O)c1ccsc1. The first-order valence-electron chi connectivity index (χ1n) is 8.95. The van der Waals surface area contributed by atoms with Crippen LogP contribution >= 0.6 is 11.3 Å². The highest BCUT2D eigenvalue weighted by molar-refractivity contribution is 7.08. The number of aliphatic hydroxyl groups is 1. The summed E-state index contributed by atoms with van der Waals surface area (Å²) in [6, 6.07) is 13.9. The molecule has 3 rings (SSSR count). The van der Waals surface area contributed by atoms with Crippen molar-refractivity contribution in [3.63, 3.8) is 0 Å². The van der Waals surface area contributed by atoms with Gasteiger partial charge < -0.3 is 15.7 Å². The molecule has 1 atom stereocenters. The first-order chi connectivity index (χ1) is 13.1. The number of nitrogens with zero attached hydrogens (tertiary/aromatic N) is 3. The van der Waals surface area contributed by atoms with Gasteiger partial charge in [0.15, 0.2) is 5.96 Å². The van der Waals surface area contributed by atoms with Crippen molar-refractivity contribution in [2.45, 2.75) is 26.0 Å². The molecule has 142 valence electrons. The van der Waals surface area contributed by atoms with Crippen molar-refractivity contribution in [2.24, 2.45) is 4.99 Å². The molecule has 27 heavy (non-hydrogen) atoms. The van der Waals surface area contributed by atoms with Crippen LogP contribution in [0.2, 0.25) is 0 Å². The van der Waals surface area contributed by atoms with Gasteiger partial charge in [-0.05, 0) is 54.4 Å². The third-order valence-electron chi connectivity index (χ3n) is 4.15. The molecule has 0 bridgehead atoms. The number of hydrogen-bond donors (Lipinski definition) is 3. The molecule has 6 nitrogen and oxygen atoms in total. The molecular formula is C20H25N5OS. The molecule has 1 aromatic carbocycles. The predicted molar refractivity (Wildman–Crippen MR) is 110 cm³/mol. The Hall–Kier alpha value is -2.64. The van der Waals surface area contributed by atoms with Crippen LogP contribution in [-0.4, -0.2) is 33.9 Å². The monoisotopic (exact) mass is 383 g/mol. The summed E-state index contributed by atoms with van der Waals surface area (Å²) in [4.78, 5) is 4.59. The molecule has 2 heterocycles. The third kappa shape index (κ3) is 5.18. The smallest absolute Gasteiger partial charge is 0.191 e. The van der Waals surface area contributed by atoms with Gasteiger partial charge in [-0.3, -0.25) is 0 Å². The van der Waals surface area contributed by atoms with E-state index < -0.39 is 5.60 Å². The Kier molecular flexibility index (Phi) is 6.26. The maximum atomic E-state index is 10.7. The van der Waals surface area contributed by atoms with Gasteiger partial charge in [0.1, 0.15) is 5.60 Å². The number of para-hydroxylation sites is 1. The van der Waals surface area contributed by atoms with Gasteiger partial charge in [0, 0.05) is 12.7 Å². The lowest BCUT2D eigenvalue weighted by atomic mass is 9.99. The molecule has 0 fully saturated rings. The van der Waals surface area contributed by atoms with Crippen molar-refractivity contribution in [1.29, 1.82) is 0 Å². The summed E-state index contributed by atoms with van der Waals surface area (Å²) in [6.07, 6.45) is 1.93. The second-order valence-electron chi connectivity index (χ2n) is 6.42. The fourth-order valence-electron chi connectivity index (χ4n) is 2.60. The Morgan fingerprint density at radius 2 is 2.04 bits per heavy atom. The molecule has 0 saturated heterocycles. The molecule has 1 unspecified atom stereocenters. The minimum Gasteiger partial charge on any atom is -0.384 e.